The van der Waals surface area contributed by atoms with E-state index in [1.165, 1.54) is 40.2 Å². The molecule has 0 saturated carbocycles. The molecule has 1 aliphatic rings. The fourth-order valence-electron chi connectivity index (χ4n) is 2.93. The van der Waals surface area contributed by atoms with Crippen LogP contribution in [0.2, 0.25) is 0 Å². The lowest BCUT2D eigenvalue weighted by Gasteiger charge is -2.35. The highest BCUT2D eigenvalue weighted by Crippen LogP contribution is 2.37. The van der Waals surface area contributed by atoms with Crippen molar-refractivity contribution in [3.05, 3.63) is 40.4 Å². The number of hydrogen-bond acceptors (Lipinski definition) is 8. The predicted octanol–water partition coefficient (Wildman–Crippen LogP) is 2.15. The molecule has 1 N–H and O–H groups in total. The van der Waals surface area contributed by atoms with E-state index in [1.807, 2.05) is 0 Å². The quantitative estimate of drug-likeness (QED) is 0.559. The zero-order valence-corrected chi connectivity index (χ0v) is 16.8. The maximum absolute atomic E-state index is 12.9. The number of fused-ring (bicyclic) bond motifs is 1. The lowest BCUT2D eigenvalue weighted by Crippen LogP contribution is -2.54. The Morgan fingerprint density at radius 3 is 2.63 bits per heavy atom. The molecule has 11 nitrogen and oxygen atoms in total. The van der Waals surface area contributed by atoms with Gasteiger partial charge in [-0.15, -0.1) is 0 Å². The lowest BCUT2D eigenvalue weighted by atomic mass is 10.1. The van der Waals surface area contributed by atoms with Crippen molar-refractivity contribution in [2.45, 2.75) is 19.4 Å². The van der Waals surface area contributed by atoms with Gasteiger partial charge in [0.15, 0.2) is 11.4 Å². The van der Waals surface area contributed by atoms with Gasteiger partial charge in [0.1, 0.15) is 18.0 Å². The van der Waals surface area contributed by atoms with Crippen LogP contribution in [0.5, 0.6) is 17.2 Å². The van der Waals surface area contributed by atoms with E-state index in [-0.39, 0.29) is 11.6 Å². The first kappa shape index (κ1) is 20.8. The number of pyridine rings is 1. The standard InChI is InChI=1S/C19H20N4O7/c1-19(2)18(25)22(17-14(30-19)7-8-15(21-17)23(26)27)10-16(24)20-12-9-11(28-3)5-6-13(12)29-4/h5-9H,10H2,1-4H3,(H,20,24). The minimum absolute atomic E-state index is 0.0960. The molecule has 3 rings (SSSR count). The zero-order chi connectivity index (χ0) is 22.1. The number of nitro groups is 1. The van der Waals surface area contributed by atoms with Gasteiger partial charge in [-0.2, -0.15) is 0 Å². The highest BCUT2D eigenvalue weighted by molar-refractivity contribution is 6.07. The molecule has 2 aromatic rings. The third-order valence-electron chi connectivity index (χ3n) is 4.38. The molecule has 30 heavy (non-hydrogen) atoms. The van der Waals surface area contributed by atoms with Gasteiger partial charge in [0.25, 0.3) is 11.7 Å². The highest BCUT2D eigenvalue weighted by atomic mass is 16.6. The number of hydrogen-bond donors (Lipinski definition) is 1. The highest BCUT2D eigenvalue weighted by Gasteiger charge is 2.45. The van der Waals surface area contributed by atoms with Crippen LogP contribution in [0.4, 0.5) is 17.3 Å². The number of carbonyl (C=O) groups is 2. The maximum Gasteiger partial charge on any atom is 0.366 e. The van der Waals surface area contributed by atoms with E-state index in [0.717, 1.165) is 4.90 Å². The van der Waals surface area contributed by atoms with E-state index >= 15 is 0 Å². The van der Waals surface area contributed by atoms with Crippen LogP contribution in [-0.2, 0) is 9.59 Å². The van der Waals surface area contributed by atoms with Crippen molar-refractivity contribution in [2.24, 2.45) is 0 Å². The van der Waals surface area contributed by atoms with Gasteiger partial charge >= 0.3 is 5.82 Å². The number of carbonyl (C=O) groups excluding carboxylic acids is 2. The van der Waals surface area contributed by atoms with Crippen LogP contribution in [0.15, 0.2) is 30.3 Å². The largest absolute Gasteiger partial charge is 0.497 e. The Kier molecular flexibility index (Phi) is 5.45. The first-order valence-corrected chi connectivity index (χ1v) is 8.84. The molecule has 2 amide bonds. The molecule has 158 valence electrons. The summed E-state index contributed by atoms with van der Waals surface area (Å²) in [5.41, 5.74) is -0.937. The van der Waals surface area contributed by atoms with Crippen LogP contribution in [0.1, 0.15) is 13.8 Å². The summed E-state index contributed by atoms with van der Waals surface area (Å²) in [7, 11) is 2.93. The molecule has 0 radical (unpaired) electrons. The summed E-state index contributed by atoms with van der Waals surface area (Å²) in [6.45, 7) is 2.64. The minimum atomic E-state index is -1.28. The van der Waals surface area contributed by atoms with Gasteiger partial charge in [0.2, 0.25) is 5.91 Å². The van der Waals surface area contributed by atoms with Crippen LogP contribution in [0.25, 0.3) is 0 Å². The molecule has 0 atom stereocenters. The molecule has 2 heterocycles. The van der Waals surface area contributed by atoms with Gasteiger partial charge in [-0.3, -0.25) is 14.5 Å². The molecular weight excluding hydrogens is 396 g/mol. The molecule has 0 spiro atoms. The normalized spacial score (nSPS) is 14.4. The van der Waals surface area contributed by atoms with E-state index in [1.54, 1.807) is 18.2 Å². The molecule has 0 unspecified atom stereocenters. The van der Waals surface area contributed by atoms with Crippen LogP contribution in [-0.4, -0.2) is 48.1 Å². The Morgan fingerprint density at radius 2 is 2.00 bits per heavy atom. The zero-order valence-electron chi connectivity index (χ0n) is 16.8. The van der Waals surface area contributed by atoms with Crippen molar-refractivity contribution < 1.29 is 28.7 Å². The van der Waals surface area contributed by atoms with Gasteiger partial charge in [0.05, 0.1) is 19.9 Å². The summed E-state index contributed by atoms with van der Waals surface area (Å²) < 4.78 is 16.0. The summed E-state index contributed by atoms with van der Waals surface area (Å²) >= 11 is 0. The first-order valence-electron chi connectivity index (χ1n) is 8.84. The van der Waals surface area contributed by atoms with Crippen molar-refractivity contribution in [3.8, 4) is 17.2 Å². The Morgan fingerprint density at radius 1 is 1.27 bits per heavy atom. The van der Waals surface area contributed by atoms with Crippen molar-refractivity contribution in [2.75, 3.05) is 31.0 Å². The number of amides is 2. The Hall–Kier alpha value is -3.89. The summed E-state index contributed by atoms with van der Waals surface area (Å²) in [5, 5.41) is 13.7. The number of rotatable bonds is 6. The molecular formula is C19H20N4O7. The monoisotopic (exact) mass is 416 g/mol. The average Bonchev–Trinajstić information content (AvgIpc) is 2.70. The fourth-order valence-corrected chi connectivity index (χ4v) is 2.93. The third kappa shape index (κ3) is 3.95. The van der Waals surface area contributed by atoms with E-state index in [0.29, 0.717) is 17.2 Å². The third-order valence-corrected chi connectivity index (χ3v) is 4.38. The van der Waals surface area contributed by atoms with Gasteiger partial charge in [0, 0.05) is 12.1 Å². The summed E-state index contributed by atoms with van der Waals surface area (Å²) in [5.74, 6) is -0.630. The molecule has 0 aliphatic carbocycles. The SMILES string of the molecule is COc1ccc(OC)c(NC(=O)CN2C(=O)C(C)(C)Oc3ccc([N+](=O)[O-])nc32)c1. The predicted molar refractivity (Wildman–Crippen MR) is 106 cm³/mol. The summed E-state index contributed by atoms with van der Waals surface area (Å²) in [4.78, 5) is 40.9. The number of nitrogens with one attached hydrogen (secondary N) is 1. The second-order valence-corrected chi connectivity index (χ2v) is 6.87. The van der Waals surface area contributed by atoms with Gasteiger partial charge in [-0.25, -0.2) is 0 Å². The maximum atomic E-state index is 12.9. The number of nitrogens with zero attached hydrogens (tertiary/aromatic N) is 3. The summed E-state index contributed by atoms with van der Waals surface area (Å²) in [6.07, 6.45) is 0. The van der Waals surface area contributed by atoms with E-state index in [9.17, 15) is 19.7 Å². The van der Waals surface area contributed by atoms with E-state index < -0.39 is 34.7 Å². The summed E-state index contributed by atoms with van der Waals surface area (Å²) in [6, 6.07) is 7.38. The molecule has 1 aromatic heterocycles. The lowest BCUT2D eigenvalue weighted by molar-refractivity contribution is -0.389. The average molecular weight is 416 g/mol. The Labute approximate surface area is 171 Å². The Balaban J connectivity index is 1.92. The molecule has 11 heteroatoms. The van der Waals surface area contributed by atoms with Gasteiger partial charge in [-0.05, 0) is 42.0 Å². The molecule has 0 saturated heterocycles. The molecule has 1 aliphatic heterocycles. The first-order chi connectivity index (χ1) is 14.2. The van der Waals surface area contributed by atoms with Crippen molar-refractivity contribution in [1.29, 1.82) is 0 Å². The van der Waals surface area contributed by atoms with Crippen LogP contribution in [0.3, 0.4) is 0 Å². The molecule has 1 aromatic carbocycles. The second kappa shape index (κ2) is 7.85. The van der Waals surface area contributed by atoms with Crippen molar-refractivity contribution in [3.63, 3.8) is 0 Å². The Bertz CT molecular complexity index is 1020. The smallest absolute Gasteiger partial charge is 0.366 e. The fraction of sp³-hybridized carbons (Fsp3) is 0.316. The molecule has 0 bridgehead atoms. The van der Waals surface area contributed by atoms with Crippen LogP contribution < -0.4 is 24.4 Å². The van der Waals surface area contributed by atoms with Crippen LogP contribution >= 0.6 is 0 Å². The second-order valence-electron chi connectivity index (χ2n) is 6.87. The van der Waals surface area contributed by atoms with Crippen molar-refractivity contribution in [1.82, 2.24) is 4.98 Å². The number of methoxy groups -OCH3 is 2. The van der Waals surface area contributed by atoms with Gasteiger partial charge < -0.3 is 29.6 Å². The van der Waals surface area contributed by atoms with Crippen LogP contribution in [0, 0.1) is 10.1 Å². The minimum Gasteiger partial charge on any atom is -0.497 e. The number of anilines is 2. The van der Waals surface area contributed by atoms with Gasteiger partial charge in [-0.1, -0.05) is 0 Å². The number of benzene rings is 1. The molecule has 0 fully saturated rings. The van der Waals surface area contributed by atoms with E-state index in [4.69, 9.17) is 14.2 Å². The van der Waals surface area contributed by atoms with E-state index in [2.05, 4.69) is 10.3 Å². The number of aromatic nitrogens is 1. The topological polar surface area (TPSA) is 133 Å². The number of ether oxygens (including phenoxy) is 3. The van der Waals surface area contributed by atoms with Crippen molar-refractivity contribution >= 4 is 29.1 Å².